The van der Waals surface area contributed by atoms with Crippen LogP contribution in [0.3, 0.4) is 0 Å². The molecule has 1 unspecified atom stereocenters. The van der Waals surface area contributed by atoms with E-state index in [1.807, 2.05) is 0 Å². The maximum absolute atomic E-state index is 4.87. The van der Waals surface area contributed by atoms with Crippen molar-refractivity contribution in [1.29, 1.82) is 0 Å². The molecule has 0 N–H and O–H groups in total. The van der Waals surface area contributed by atoms with Gasteiger partial charge in [-0.05, 0) is 46.1 Å². The van der Waals surface area contributed by atoms with Crippen molar-refractivity contribution in [2.75, 3.05) is 0 Å². The third-order valence-corrected chi connectivity index (χ3v) is 5.05. The molecule has 21 heavy (non-hydrogen) atoms. The van der Waals surface area contributed by atoms with Crippen LogP contribution in [0.25, 0.3) is 0 Å². The molecule has 0 amide bonds. The van der Waals surface area contributed by atoms with Crippen molar-refractivity contribution < 1.29 is 0 Å². The highest BCUT2D eigenvalue weighted by atomic mass is 15.3. The molecule has 0 bridgehead atoms. The number of hydrogen-bond donors (Lipinski definition) is 0. The van der Waals surface area contributed by atoms with Crippen LogP contribution in [0.2, 0.25) is 0 Å². The predicted octanol–water partition coefficient (Wildman–Crippen LogP) is 6.07. The Morgan fingerprint density at radius 3 is 1.95 bits per heavy atom. The fraction of sp³-hybridized carbons (Fsp3) is 0.842. The van der Waals surface area contributed by atoms with Crippen molar-refractivity contribution >= 4 is 0 Å². The lowest BCUT2D eigenvalue weighted by atomic mass is 9.88. The van der Waals surface area contributed by atoms with Crippen LogP contribution in [-0.4, -0.2) is 9.78 Å². The van der Waals surface area contributed by atoms with Gasteiger partial charge < -0.3 is 0 Å². The molecule has 1 heterocycles. The Kier molecular flexibility index (Phi) is 7.48. The smallest absolute Gasteiger partial charge is 0.0625 e. The monoisotopic (exact) mass is 292 g/mol. The van der Waals surface area contributed by atoms with Crippen molar-refractivity contribution in [1.82, 2.24) is 9.78 Å². The van der Waals surface area contributed by atoms with Crippen LogP contribution in [0.5, 0.6) is 0 Å². The van der Waals surface area contributed by atoms with E-state index in [9.17, 15) is 0 Å². The van der Waals surface area contributed by atoms with E-state index >= 15 is 0 Å². The van der Waals surface area contributed by atoms with Crippen LogP contribution in [0.4, 0.5) is 0 Å². The Bertz CT molecular complexity index is 419. The highest BCUT2D eigenvalue weighted by Gasteiger charge is 2.28. The maximum Gasteiger partial charge on any atom is 0.0625 e. The third-order valence-electron chi connectivity index (χ3n) is 5.05. The number of nitrogens with zero attached hydrogens (tertiary/aromatic N) is 2. The quantitative estimate of drug-likeness (QED) is 0.478. The van der Waals surface area contributed by atoms with Gasteiger partial charge in [0.25, 0.3) is 0 Å². The van der Waals surface area contributed by atoms with Gasteiger partial charge in [0.05, 0.1) is 11.2 Å². The molecule has 0 saturated heterocycles. The van der Waals surface area contributed by atoms with E-state index in [-0.39, 0.29) is 5.54 Å². The average molecular weight is 293 g/mol. The van der Waals surface area contributed by atoms with E-state index in [0.29, 0.717) is 0 Å². The van der Waals surface area contributed by atoms with E-state index in [2.05, 4.69) is 46.2 Å². The molecule has 0 radical (unpaired) electrons. The summed E-state index contributed by atoms with van der Waals surface area (Å²) in [6, 6.07) is 0. The van der Waals surface area contributed by atoms with Crippen LogP contribution < -0.4 is 0 Å². The molecule has 122 valence electrons. The van der Waals surface area contributed by atoms with Gasteiger partial charge in [0.15, 0.2) is 0 Å². The van der Waals surface area contributed by atoms with Crippen molar-refractivity contribution in [3.63, 3.8) is 0 Å². The Morgan fingerprint density at radius 1 is 0.857 bits per heavy atom. The van der Waals surface area contributed by atoms with Crippen molar-refractivity contribution in [3.8, 4) is 0 Å². The minimum atomic E-state index is 0.200. The normalized spacial score (nSPS) is 14.4. The molecule has 0 aliphatic carbocycles. The summed E-state index contributed by atoms with van der Waals surface area (Å²) in [7, 11) is 0. The lowest BCUT2D eigenvalue weighted by Crippen LogP contribution is -2.32. The van der Waals surface area contributed by atoms with Crippen LogP contribution in [-0.2, 0) is 5.54 Å². The molecular weight excluding hydrogens is 256 g/mol. The number of aryl methyl sites for hydroxylation is 1. The molecule has 0 spiro atoms. The predicted molar refractivity (Wildman–Crippen MR) is 93.0 cm³/mol. The Hall–Kier alpha value is -0.790. The van der Waals surface area contributed by atoms with Crippen molar-refractivity contribution in [3.05, 3.63) is 17.0 Å². The van der Waals surface area contributed by atoms with Crippen molar-refractivity contribution in [2.24, 2.45) is 0 Å². The molecular formula is C19H36N2. The SMILES string of the molecule is CCCCCCCC(C)(CCCC)n1nc(C)c(C)c1C. The minimum absolute atomic E-state index is 0.200. The van der Waals surface area contributed by atoms with Crippen molar-refractivity contribution in [2.45, 2.75) is 105 Å². The largest absolute Gasteiger partial charge is 0.264 e. The second kappa shape index (κ2) is 8.60. The van der Waals surface area contributed by atoms with Gasteiger partial charge in [-0.3, -0.25) is 4.68 Å². The van der Waals surface area contributed by atoms with Gasteiger partial charge in [0.1, 0.15) is 0 Å². The summed E-state index contributed by atoms with van der Waals surface area (Å²) in [6.45, 7) is 13.6. The zero-order valence-corrected chi connectivity index (χ0v) is 15.3. The van der Waals surface area contributed by atoms with E-state index in [4.69, 9.17) is 5.10 Å². The number of unbranched alkanes of at least 4 members (excludes halogenated alkanes) is 5. The zero-order valence-electron chi connectivity index (χ0n) is 15.3. The first kappa shape index (κ1) is 18.3. The molecule has 2 heteroatoms. The second-order valence-corrected chi connectivity index (χ2v) is 6.97. The standard InChI is InChI=1S/C19H36N2/c1-7-9-11-12-13-15-19(6,14-10-8-2)21-18(5)16(3)17(4)20-21/h7-15H2,1-6H3. The number of rotatable bonds is 10. The average Bonchev–Trinajstić information content (AvgIpc) is 2.73. The van der Waals surface area contributed by atoms with E-state index in [1.54, 1.807) is 0 Å². The fourth-order valence-electron chi connectivity index (χ4n) is 3.25. The zero-order chi connectivity index (χ0) is 15.9. The first-order chi connectivity index (χ1) is 9.96. The summed E-state index contributed by atoms with van der Waals surface area (Å²) in [4.78, 5) is 0. The molecule has 2 nitrogen and oxygen atoms in total. The van der Waals surface area contributed by atoms with E-state index < -0.39 is 0 Å². The molecule has 0 aliphatic rings. The van der Waals surface area contributed by atoms with Crippen LogP contribution >= 0.6 is 0 Å². The molecule has 0 fully saturated rings. The summed E-state index contributed by atoms with van der Waals surface area (Å²) < 4.78 is 2.34. The van der Waals surface area contributed by atoms with Gasteiger partial charge in [0, 0.05) is 5.69 Å². The van der Waals surface area contributed by atoms with Crippen LogP contribution in [0.15, 0.2) is 0 Å². The first-order valence-corrected chi connectivity index (χ1v) is 8.99. The van der Waals surface area contributed by atoms with Crippen LogP contribution in [0, 0.1) is 20.8 Å². The highest BCUT2D eigenvalue weighted by molar-refractivity contribution is 5.23. The molecule has 0 aromatic carbocycles. The van der Waals surface area contributed by atoms with Gasteiger partial charge in [-0.25, -0.2) is 0 Å². The second-order valence-electron chi connectivity index (χ2n) is 6.97. The van der Waals surface area contributed by atoms with E-state index in [1.165, 1.54) is 74.7 Å². The summed E-state index contributed by atoms with van der Waals surface area (Å²) in [5.41, 5.74) is 4.12. The molecule has 0 aliphatic heterocycles. The molecule has 1 aromatic heterocycles. The van der Waals surface area contributed by atoms with Crippen LogP contribution in [0.1, 0.15) is 95.5 Å². The van der Waals surface area contributed by atoms with Gasteiger partial charge in [-0.15, -0.1) is 0 Å². The molecule has 1 aromatic rings. The summed E-state index contributed by atoms with van der Waals surface area (Å²) in [6.07, 6.45) is 11.9. The molecule has 0 saturated carbocycles. The Morgan fingerprint density at radius 2 is 1.43 bits per heavy atom. The minimum Gasteiger partial charge on any atom is -0.264 e. The Balaban J connectivity index is 2.79. The highest BCUT2D eigenvalue weighted by Crippen LogP contribution is 2.32. The van der Waals surface area contributed by atoms with Gasteiger partial charge in [-0.2, -0.15) is 5.10 Å². The lowest BCUT2D eigenvalue weighted by molar-refractivity contribution is 0.224. The maximum atomic E-state index is 4.87. The molecule has 1 rings (SSSR count). The summed E-state index contributed by atoms with van der Waals surface area (Å²) >= 11 is 0. The van der Waals surface area contributed by atoms with E-state index in [0.717, 1.165) is 0 Å². The first-order valence-electron chi connectivity index (χ1n) is 8.99. The van der Waals surface area contributed by atoms with Gasteiger partial charge in [-0.1, -0.05) is 58.8 Å². The fourth-order valence-corrected chi connectivity index (χ4v) is 3.25. The van der Waals surface area contributed by atoms with Gasteiger partial charge >= 0.3 is 0 Å². The number of hydrogen-bond acceptors (Lipinski definition) is 1. The Labute approximate surface area is 132 Å². The summed E-state index contributed by atoms with van der Waals surface area (Å²) in [5, 5.41) is 4.87. The topological polar surface area (TPSA) is 17.8 Å². The lowest BCUT2D eigenvalue weighted by Gasteiger charge is -2.32. The number of aromatic nitrogens is 2. The molecule has 1 atom stereocenters. The summed E-state index contributed by atoms with van der Waals surface area (Å²) in [5.74, 6) is 0. The van der Waals surface area contributed by atoms with Gasteiger partial charge in [0.2, 0.25) is 0 Å². The third kappa shape index (κ3) is 4.86.